The van der Waals surface area contributed by atoms with Crippen molar-refractivity contribution in [1.29, 1.82) is 0 Å². The van der Waals surface area contributed by atoms with Gasteiger partial charge in [0.2, 0.25) is 5.95 Å². The molecular formula is C20H27N5O2. The molecule has 0 unspecified atom stereocenters. The van der Waals surface area contributed by atoms with E-state index in [0.717, 1.165) is 44.6 Å². The second-order valence-corrected chi connectivity index (χ2v) is 6.87. The number of anilines is 1. The first-order chi connectivity index (χ1) is 13.2. The lowest BCUT2D eigenvalue weighted by Gasteiger charge is -2.32. The fourth-order valence-electron chi connectivity index (χ4n) is 3.45. The molecule has 0 aliphatic carbocycles. The van der Waals surface area contributed by atoms with Crippen LogP contribution in [-0.4, -0.2) is 60.7 Å². The Labute approximate surface area is 159 Å². The van der Waals surface area contributed by atoms with Crippen LogP contribution in [0.15, 0.2) is 36.5 Å². The molecule has 7 nitrogen and oxygen atoms in total. The minimum atomic E-state index is -0.164. The fourth-order valence-corrected chi connectivity index (χ4v) is 3.45. The number of ether oxygens (including phenoxy) is 1. The summed E-state index contributed by atoms with van der Waals surface area (Å²) < 4.78 is 5.17. The van der Waals surface area contributed by atoms with Crippen LogP contribution in [0.2, 0.25) is 0 Å². The second-order valence-electron chi connectivity index (χ2n) is 6.87. The topological polar surface area (TPSA) is 93.4 Å². The van der Waals surface area contributed by atoms with Gasteiger partial charge in [-0.2, -0.15) is 0 Å². The molecule has 1 aromatic heterocycles. The summed E-state index contributed by atoms with van der Waals surface area (Å²) in [6, 6.07) is 9.56. The van der Waals surface area contributed by atoms with Gasteiger partial charge in [-0.25, -0.2) is 9.97 Å². The number of aromatic nitrogens is 2. The minimum absolute atomic E-state index is 0.159. The van der Waals surface area contributed by atoms with Gasteiger partial charge in [-0.3, -0.25) is 4.79 Å². The van der Waals surface area contributed by atoms with E-state index in [1.54, 1.807) is 7.11 Å². The van der Waals surface area contributed by atoms with Crippen molar-refractivity contribution in [3.8, 4) is 11.3 Å². The first-order valence-corrected chi connectivity index (χ1v) is 9.35. The second kappa shape index (κ2) is 9.43. The van der Waals surface area contributed by atoms with Crippen molar-refractivity contribution in [3.63, 3.8) is 0 Å². The maximum Gasteiger partial charge on any atom is 0.255 e. The number of carbonyl (C=O) groups excluding carboxylic acids is 1. The molecule has 7 heteroatoms. The molecule has 144 valence electrons. The van der Waals surface area contributed by atoms with E-state index in [2.05, 4.69) is 20.2 Å². The molecule has 1 fully saturated rings. The van der Waals surface area contributed by atoms with Gasteiger partial charge in [0, 0.05) is 38.5 Å². The zero-order valence-electron chi connectivity index (χ0n) is 15.7. The third-order valence-electron chi connectivity index (χ3n) is 4.87. The Morgan fingerprint density at radius 3 is 2.96 bits per heavy atom. The van der Waals surface area contributed by atoms with Gasteiger partial charge in [-0.1, -0.05) is 30.3 Å². The van der Waals surface area contributed by atoms with Gasteiger partial charge in [-0.05, 0) is 25.3 Å². The van der Waals surface area contributed by atoms with E-state index < -0.39 is 0 Å². The van der Waals surface area contributed by atoms with Crippen molar-refractivity contribution in [3.05, 3.63) is 42.1 Å². The molecule has 1 amide bonds. The molecule has 27 heavy (non-hydrogen) atoms. The predicted molar refractivity (Wildman–Crippen MR) is 105 cm³/mol. The summed E-state index contributed by atoms with van der Waals surface area (Å²) in [5, 5.41) is 3.06. The van der Waals surface area contributed by atoms with E-state index in [1.165, 1.54) is 6.20 Å². The highest BCUT2D eigenvalue weighted by molar-refractivity contribution is 5.99. The molecule has 0 saturated carbocycles. The predicted octanol–water partition coefficient (Wildman–Crippen LogP) is 1.81. The smallest absolute Gasteiger partial charge is 0.255 e. The van der Waals surface area contributed by atoms with Crippen molar-refractivity contribution in [2.24, 2.45) is 5.92 Å². The lowest BCUT2D eigenvalue weighted by Crippen LogP contribution is -2.42. The number of nitrogens with two attached hydrogens (primary N) is 1. The molecule has 0 bridgehead atoms. The molecule has 2 aromatic rings. The lowest BCUT2D eigenvalue weighted by molar-refractivity contribution is 0.0913. The summed E-state index contributed by atoms with van der Waals surface area (Å²) in [6.07, 6.45) is 3.77. The molecule has 1 atom stereocenters. The summed E-state index contributed by atoms with van der Waals surface area (Å²) in [5.41, 5.74) is 7.60. The third-order valence-corrected chi connectivity index (χ3v) is 4.87. The van der Waals surface area contributed by atoms with Crippen LogP contribution in [0, 0.1) is 5.92 Å². The van der Waals surface area contributed by atoms with E-state index in [9.17, 15) is 4.79 Å². The van der Waals surface area contributed by atoms with Crippen molar-refractivity contribution in [2.75, 3.05) is 45.6 Å². The highest BCUT2D eigenvalue weighted by Gasteiger charge is 2.21. The average molecular weight is 369 g/mol. The maximum atomic E-state index is 12.8. The number of hydrogen-bond acceptors (Lipinski definition) is 6. The Balaban J connectivity index is 1.65. The highest BCUT2D eigenvalue weighted by Crippen LogP contribution is 2.22. The van der Waals surface area contributed by atoms with Crippen LogP contribution in [-0.2, 0) is 4.74 Å². The van der Waals surface area contributed by atoms with Crippen LogP contribution in [0.1, 0.15) is 23.2 Å². The quantitative estimate of drug-likeness (QED) is 0.773. The zero-order valence-corrected chi connectivity index (χ0v) is 15.7. The average Bonchev–Trinajstić information content (AvgIpc) is 2.71. The van der Waals surface area contributed by atoms with E-state index >= 15 is 0 Å². The maximum absolute atomic E-state index is 12.8. The summed E-state index contributed by atoms with van der Waals surface area (Å²) in [4.78, 5) is 23.5. The molecule has 1 aliphatic rings. The van der Waals surface area contributed by atoms with Crippen LogP contribution < -0.4 is 11.1 Å². The van der Waals surface area contributed by atoms with Crippen LogP contribution >= 0.6 is 0 Å². The zero-order chi connectivity index (χ0) is 19.1. The minimum Gasteiger partial charge on any atom is -0.383 e. The number of amides is 1. The standard InChI is InChI=1S/C20H27N5O2/c1-27-11-10-25-9-5-6-15(14-25)12-22-19(26)17-13-23-20(21)24-18(17)16-7-3-2-4-8-16/h2-4,7-8,13,15H,5-6,9-12,14H2,1H3,(H,22,26)(H2,21,23,24)/t15-/m1/s1. The van der Waals surface area contributed by atoms with E-state index in [1.807, 2.05) is 30.3 Å². The number of nitrogen functional groups attached to an aromatic ring is 1. The molecule has 3 N–H and O–H groups in total. The largest absolute Gasteiger partial charge is 0.383 e. The molecule has 1 aliphatic heterocycles. The Bertz CT molecular complexity index is 753. The Hall–Kier alpha value is -2.51. The normalized spacial score (nSPS) is 17.6. The van der Waals surface area contributed by atoms with Crippen molar-refractivity contribution in [2.45, 2.75) is 12.8 Å². The number of benzene rings is 1. The van der Waals surface area contributed by atoms with Gasteiger partial charge >= 0.3 is 0 Å². The number of hydrogen-bond donors (Lipinski definition) is 2. The van der Waals surface area contributed by atoms with Gasteiger partial charge in [0.15, 0.2) is 0 Å². The number of piperidine rings is 1. The molecule has 2 heterocycles. The number of nitrogens with one attached hydrogen (secondary N) is 1. The van der Waals surface area contributed by atoms with Crippen molar-refractivity contribution in [1.82, 2.24) is 20.2 Å². The molecule has 1 saturated heterocycles. The highest BCUT2D eigenvalue weighted by atomic mass is 16.5. The Morgan fingerprint density at radius 2 is 2.19 bits per heavy atom. The van der Waals surface area contributed by atoms with Gasteiger partial charge in [-0.15, -0.1) is 0 Å². The van der Waals surface area contributed by atoms with Gasteiger partial charge in [0.05, 0.1) is 17.9 Å². The number of likely N-dealkylation sites (tertiary alicyclic amines) is 1. The van der Waals surface area contributed by atoms with Crippen LogP contribution in [0.3, 0.4) is 0 Å². The summed E-state index contributed by atoms with van der Waals surface area (Å²) in [7, 11) is 1.72. The molecule has 1 aromatic carbocycles. The molecule has 3 rings (SSSR count). The van der Waals surface area contributed by atoms with Crippen LogP contribution in [0.5, 0.6) is 0 Å². The van der Waals surface area contributed by atoms with Gasteiger partial charge < -0.3 is 20.7 Å². The van der Waals surface area contributed by atoms with Crippen molar-refractivity contribution >= 4 is 11.9 Å². The van der Waals surface area contributed by atoms with Crippen molar-refractivity contribution < 1.29 is 9.53 Å². The summed E-state index contributed by atoms with van der Waals surface area (Å²) in [6.45, 7) is 4.39. The molecule has 0 spiro atoms. The first kappa shape index (κ1) is 19.3. The number of rotatable bonds is 7. The Morgan fingerprint density at radius 1 is 1.37 bits per heavy atom. The molecule has 0 radical (unpaired) electrons. The number of carbonyl (C=O) groups is 1. The number of methoxy groups -OCH3 is 1. The lowest BCUT2D eigenvalue weighted by atomic mass is 9.98. The van der Waals surface area contributed by atoms with Crippen LogP contribution in [0.25, 0.3) is 11.3 Å². The monoisotopic (exact) mass is 369 g/mol. The number of nitrogens with zero attached hydrogens (tertiary/aromatic N) is 3. The summed E-state index contributed by atoms with van der Waals surface area (Å²) >= 11 is 0. The first-order valence-electron chi connectivity index (χ1n) is 9.35. The van der Waals surface area contributed by atoms with Gasteiger partial charge in [0.1, 0.15) is 0 Å². The SMILES string of the molecule is COCCN1CCC[C@H](CNC(=O)c2cnc(N)nc2-c2ccccc2)C1. The van der Waals surface area contributed by atoms with E-state index in [0.29, 0.717) is 23.7 Å². The van der Waals surface area contributed by atoms with Crippen LogP contribution in [0.4, 0.5) is 5.95 Å². The molecular weight excluding hydrogens is 342 g/mol. The van der Waals surface area contributed by atoms with E-state index in [4.69, 9.17) is 10.5 Å². The summed E-state index contributed by atoms with van der Waals surface area (Å²) in [5.74, 6) is 0.434. The Kier molecular flexibility index (Phi) is 6.73. The fraction of sp³-hybridized carbons (Fsp3) is 0.450. The van der Waals surface area contributed by atoms with E-state index in [-0.39, 0.29) is 11.9 Å². The van der Waals surface area contributed by atoms with Gasteiger partial charge in [0.25, 0.3) is 5.91 Å². The third kappa shape index (κ3) is 5.24.